The Labute approximate surface area is 161 Å². The maximum absolute atomic E-state index is 14.2. The van der Waals surface area contributed by atoms with Gasteiger partial charge >= 0.3 is 0 Å². The smallest absolute Gasteiger partial charge is 0.261 e. The van der Waals surface area contributed by atoms with Crippen molar-refractivity contribution in [1.82, 2.24) is 5.32 Å². The van der Waals surface area contributed by atoms with Crippen LogP contribution >= 0.6 is 11.3 Å². The molecular weight excluding hydrogens is 365 g/mol. The van der Waals surface area contributed by atoms with Gasteiger partial charge in [0.1, 0.15) is 18.2 Å². The lowest BCUT2D eigenvalue weighted by Crippen LogP contribution is -2.28. The first-order valence-electron chi connectivity index (χ1n) is 8.67. The van der Waals surface area contributed by atoms with E-state index in [1.165, 1.54) is 24.5 Å². The molecule has 2 aromatic carbocycles. The SMILES string of the molecule is COCc1c(C(=O)NCCOc2cc(C)cc(C)c2)sc2cccc(F)c12. The fourth-order valence-corrected chi connectivity index (χ4v) is 4.20. The van der Waals surface area contributed by atoms with Crippen molar-refractivity contribution in [2.24, 2.45) is 0 Å². The predicted octanol–water partition coefficient (Wildman–Crippen LogP) is 4.61. The highest BCUT2D eigenvalue weighted by Crippen LogP contribution is 2.33. The van der Waals surface area contributed by atoms with Crippen LogP contribution in [0.3, 0.4) is 0 Å². The van der Waals surface area contributed by atoms with Gasteiger partial charge < -0.3 is 14.8 Å². The molecule has 142 valence electrons. The van der Waals surface area contributed by atoms with Gasteiger partial charge in [-0.25, -0.2) is 4.39 Å². The molecule has 1 amide bonds. The summed E-state index contributed by atoms with van der Waals surface area (Å²) in [6.45, 7) is 4.92. The predicted molar refractivity (Wildman–Crippen MR) is 106 cm³/mol. The maximum Gasteiger partial charge on any atom is 0.261 e. The van der Waals surface area contributed by atoms with Gasteiger partial charge in [-0.05, 0) is 49.2 Å². The molecule has 1 aromatic heterocycles. The van der Waals surface area contributed by atoms with Crippen LogP contribution in [-0.4, -0.2) is 26.2 Å². The van der Waals surface area contributed by atoms with Crippen LogP contribution in [0.25, 0.3) is 10.1 Å². The Morgan fingerprint density at radius 3 is 2.63 bits per heavy atom. The standard InChI is InChI=1S/C21H22FNO3S/c1-13-9-14(2)11-15(10-13)26-8-7-23-21(24)20-16(12-25-3)19-17(22)5-4-6-18(19)27-20/h4-6,9-11H,7-8,12H2,1-3H3,(H,23,24). The van der Waals surface area contributed by atoms with E-state index in [1.54, 1.807) is 6.07 Å². The lowest BCUT2D eigenvalue weighted by atomic mass is 10.1. The van der Waals surface area contributed by atoms with E-state index in [0.717, 1.165) is 21.6 Å². The zero-order valence-corrected chi connectivity index (χ0v) is 16.4. The summed E-state index contributed by atoms with van der Waals surface area (Å²) in [5.41, 5.74) is 2.85. The van der Waals surface area contributed by atoms with Crippen LogP contribution in [0.2, 0.25) is 0 Å². The van der Waals surface area contributed by atoms with E-state index in [2.05, 4.69) is 11.4 Å². The molecule has 0 aliphatic carbocycles. The van der Waals surface area contributed by atoms with Crippen LogP contribution < -0.4 is 10.1 Å². The summed E-state index contributed by atoms with van der Waals surface area (Å²) in [5, 5.41) is 3.31. The molecule has 1 N–H and O–H groups in total. The minimum absolute atomic E-state index is 0.183. The highest BCUT2D eigenvalue weighted by molar-refractivity contribution is 7.21. The second-order valence-corrected chi connectivity index (χ2v) is 7.44. The van der Waals surface area contributed by atoms with Gasteiger partial charge in [0.05, 0.1) is 18.0 Å². The molecule has 0 radical (unpaired) electrons. The van der Waals surface area contributed by atoms with Crippen molar-refractivity contribution in [3.63, 3.8) is 0 Å². The number of methoxy groups -OCH3 is 1. The molecule has 4 nitrogen and oxygen atoms in total. The highest BCUT2D eigenvalue weighted by atomic mass is 32.1. The number of carbonyl (C=O) groups is 1. The second-order valence-electron chi connectivity index (χ2n) is 6.38. The van der Waals surface area contributed by atoms with Crippen molar-refractivity contribution in [3.8, 4) is 5.75 Å². The minimum Gasteiger partial charge on any atom is -0.492 e. The molecule has 0 aliphatic heterocycles. The van der Waals surface area contributed by atoms with Crippen LogP contribution in [0.1, 0.15) is 26.4 Å². The first kappa shape index (κ1) is 19.3. The summed E-state index contributed by atoms with van der Waals surface area (Å²) in [7, 11) is 1.53. The number of hydrogen-bond acceptors (Lipinski definition) is 4. The molecular formula is C21H22FNO3S. The Morgan fingerprint density at radius 2 is 1.93 bits per heavy atom. The van der Waals surface area contributed by atoms with Crippen LogP contribution in [0.5, 0.6) is 5.75 Å². The number of carbonyl (C=O) groups excluding carboxylic acids is 1. The lowest BCUT2D eigenvalue weighted by Gasteiger charge is -2.09. The summed E-state index contributed by atoms with van der Waals surface area (Å²) in [5.74, 6) is 0.199. The summed E-state index contributed by atoms with van der Waals surface area (Å²) in [6, 6.07) is 10.8. The first-order valence-corrected chi connectivity index (χ1v) is 9.49. The van der Waals surface area contributed by atoms with Gasteiger partial charge in [-0.3, -0.25) is 4.79 Å². The third kappa shape index (κ3) is 4.46. The van der Waals surface area contributed by atoms with Crippen LogP contribution in [0, 0.1) is 19.7 Å². The van der Waals surface area contributed by atoms with Crippen LogP contribution in [-0.2, 0) is 11.3 Å². The van der Waals surface area contributed by atoms with Crippen molar-refractivity contribution in [3.05, 3.63) is 63.8 Å². The molecule has 0 spiro atoms. The third-order valence-electron chi connectivity index (χ3n) is 4.11. The Bertz CT molecular complexity index is 947. The molecule has 0 fully saturated rings. The van der Waals surface area contributed by atoms with Gasteiger partial charge in [0, 0.05) is 22.8 Å². The Balaban J connectivity index is 1.67. The highest BCUT2D eigenvalue weighted by Gasteiger charge is 2.20. The molecule has 0 atom stereocenters. The summed E-state index contributed by atoms with van der Waals surface area (Å²) in [4.78, 5) is 13.1. The minimum atomic E-state index is -0.340. The number of nitrogens with one attached hydrogen (secondary N) is 1. The van der Waals surface area contributed by atoms with Crippen molar-refractivity contribution in [1.29, 1.82) is 0 Å². The quantitative estimate of drug-likeness (QED) is 0.602. The molecule has 0 aliphatic rings. The largest absolute Gasteiger partial charge is 0.492 e. The Kier molecular flexibility index (Phi) is 6.08. The third-order valence-corrected chi connectivity index (χ3v) is 5.31. The van der Waals surface area contributed by atoms with E-state index in [1.807, 2.05) is 32.0 Å². The van der Waals surface area contributed by atoms with E-state index in [-0.39, 0.29) is 18.3 Å². The summed E-state index contributed by atoms with van der Waals surface area (Å²) < 4.78 is 25.8. The molecule has 0 saturated carbocycles. The van der Waals surface area contributed by atoms with Gasteiger partial charge in [-0.2, -0.15) is 0 Å². The fraction of sp³-hybridized carbons (Fsp3) is 0.286. The molecule has 0 unspecified atom stereocenters. The fourth-order valence-electron chi connectivity index (χ4n) is 3.06. The topological polar surface area (TPSA) is 47.6 Å². The van der Waals surface area contributed by atoms with Gasteiger partial charge in [0.2, 0.25) is 0 Å². The maximum atomic E-state index is 14.2. The number of ether oxygens (including phenoxy) is 2. The monoisotopic (exact) mass is 387 g/mol. The average Bonchev–Trinajstić information content (AvgIpc) is 2.98. The average molecular weight is 387 g/mol. The Morgan fingerprint density at radius 1 is 1.19 bits per heavy atom. The van der Waals surface area contributed by atoms with E-state index >= 15 is 0 Å². The number of aryl methyl sites for hydroxylation is 2. The van der Waals surface area contributed by atoms with Gasteiger partial charge in [-0.15, -0.1) is 11.3 Å². The van der Waals surface area contributed by atoms with Crippen molar-refractivity contribution < 1.29 is 18.7 Å². The Hall–Kier alpha value is -2.44. The first-order chi connectivity index (χ1) is 13.0. The van der Waals surface area contributed by atoms with Crippen molar-refractivity contribution in [2.75, 3.05) is 20.3 Å². The second kappa shape index (κ2) is 8.50. The molecule has 3 rings (SSSR count). The van der Waals surface area contributed by atoms with Gasteiger partial charge in [-0.1, -0.05) is 12.1 Å². The molecule has 1 heterocycles. The van der Waals surface area contributed by atoms with Gasteiger partial charge in [0.15, 0.2) is 0 Å². The molecule has 0 saturated heterocycles. The van der Waals surface area contributed by atoms with Crippen molar-refractivity contribution in [2.45, 2.75) is 20.5 Å². The van der Waals surface area contributed by atoms with Crippen LogP contribution in [0.4, 0.5) is 4.39 Å². The number of rotatable bonds is 7. The van der Waals surface area contributed by atoms with Crippen LogP contribution in [0.15, 0.2) is 36.4 Å². The molecule has 27 heavy (non-hydrogen) atoms. The van der Waals surface area contributed by atoms with E-state index in [0.29, 0.717) is 29.0 Å². The summed E-state index contributed by atoms with van der Waals surface area (Å²) >= 11 is 1.27. The number of halogens is 1. The van der Waals surface area contributed by atoms with Crippen molar-refractivity contribution >= 4 is 27.3 Å². The number of benzene rings is 2. The van der Waals surface area contributed by atoms with Gasteiger partial charge in [0.25, 0.3) is 5.91 Å². The zero-order chi connectivity index (χ0) is 19.4. The number of amides is 1. The zero-order valence-electron chi connectivity index (χ0n) is 15.6. The lowest BCUT2D eigenvalue weighted by molar-refractivity contribution is 0.0947. The molecule has 3 aromatic rings. The summed E-state index contributed by atoms with van der Waals surface area (Å²) in [6.07, 6.45) is 0. The normalized spacial score (nSPS) is 11.0. The van der Waals surface area contributed by atoms with E-state index in [4.69, 9.17) is 9.47 Å². The van der Waals surface area contributed by atoms with E-state index < -0.39 is 0 Å². The molecule has 6 heteroatoms. The molecule has 0 bridgehead atoms. The number of fused-ring (bicyclic) bond motifs is 1. The number of hydrogen-bond donors (Lipinski definition) is 1. The van der Waals surface area contributed by atoms with E-state index in [9.17, 15) is 9.18 Å². The number of thiophene rings is 1.